The van der Waals surface area contributed by atoms with Crippen LogP contribution in [0.4, 0.5) is 9.18 Å². The van der Waals surface area contributed by atoms with Gasteiger partial charge in [0.25, 0.3) is 5.67 Å². The van der Waals surface area contributed by atoms with E-state index in [1.807, 2.05) is 63.0 Å². The number of rotatable bonds is 8. The third-order valence-corrected chi connectivity index (χ3v) is 12.4. The number of fused-ring (bicyclic) bond motifs is 1. The summed E-state index contributed by atoms with van der Waals surface area (Å²) < 4.78 is 47.6. The van der Waals surface area contributed by atoms with Crippen LogP contribution in [-0.2, 0) is 39.7 Å². The molecule has 4 aliphatic rings. The second-order valence-electron chi connectivity index (χ2n) is 16.6. The zero-order valence-corrected chi connectivity index (χ0v) is 33.8. The highest BCUT2D eigenvalue weighted by Gasteiger charge is 2.62. The number of aliphatic hydroxyl groups is 1. The maximum absolute atomic E-state index is 16.8. The van der Waals surface area contributed by atoms with Crippen LogP contribution in [0.3, 0.4) is 0 Å². The van der Waals surface area contributed by atoms with Gasteiger partial charge in [0, 0.05) is 37.2 Å². The third kappa shape index (κ3) is 7.97. The molecule has 14 heteroatoms. The van der Waals surface area contributed by atoms with Gasteiger partial charge < -0.3 is 33.7 Å². The first kappa shape index (κ1) is 42.1. The van der Waals surface area contributed by atoms with Gasteiger partial charge >= 0.3 is 12.1 Å². The maximum atomic E-state index is 16.8. The van der Waals surface area contributed by atoms with Crippen molar-refractivity contribution < 1.29 is 47.6 Å². The number of aryl methyl sites for hydroxylation is 1. The maximum Gasteiger partial charge on any atom is 0.425 e. The van der Waals surface area contributed by atoms with E-state index >= 15 is 4.39 Å². The van der Waals surface area contributed by atoms with Crippen molar-refractivity contribution in [1.82, 2.24) is 14.9 Å². The van der Waals surface area contributed by atoms with E-state index in [-0.39, 0.29) is 31.2 Å². The molecule has 4 heterocycles. The van der Waals surface area contributed by atoms with Gasteiger partial charge in [-0.1, -0.05) is 51.1 Å². The molecule has 54 heavy (non-hydrogen) atoms. The molecule has 1 N–H and O–H groups in total. The fourth-order valence-corrected chi connectivity index (χ4v) is 9.08. The smallest absolute Gasteiger partial charge is 0.425 e. The molecule has 0 radical (unpaired) electrons. The number of nitrogens with zero attached hydrogens (tertiary/aromatic N) is 4. The van der Waals surface area contributed by atoms with Crippen LogP contribution in [0.1, 0.15) is 80.2 Å². The molecule has 1 aromatic carbocycles. The Labute approximate surface area is 319 Å². The van der Waals surface area contributed by atoms with Crippen LogP contribution in [0.25, 0.3) is 0 Å². The molecule has 13 nitrogen and oxygen atoms in total. The summed E-state index contributed by atoms with van der Waals surface area (Å²) in [6.45, 7) is 13.9. The number of cyclic esters (lactones) is 1. The summed E-state index contributed by atoms with van der Waals surface area (Å²) >= 11 is 0. The van der Waals surface area contributed by atoms with E-state index in [2.05, 4.69) is 12.1 Å². The number of amides is 1. The molecular weight excluding hydrogens is 699 g/mol. The van der Waals surface area contributed by atoms with Crippen LogP contribution < -0.4 is 0 Å². The lowest BCUT2D eigenvalue weighted by Crippen LogP contribution is -2.62. The van der Waals surface area contributed by atoms with E-state index in [0.717, 1.165) is 25.5 Å². The van der Waals surface area contributed by atoms with Gasteiger partial charge in [0.15, 0.2) is 17.7 Å². The largest absolute Gasteiger partial charge is 0.456 e. The van der Waals surface area contributed by atoms with E-state index < -0.39 is 77.2 Å². The number of methoxy groups -OCH3 is 1. The standard InChI is InChI=1S/C40H61FN4O9/c1-23-21-38(6,50-11)34(53-35-31(46)29(43(9)10)20-24(2)51-35)26(4)33(47)39(7,41)36(48)52-27(5)40(8)32-25(3)30(23)42-22-44(45(32)37(49)54-40)19-15-18-28-16-13-12-14-17-28/h12-14,16-17,23-27,29,31-32,34-35,46H,15,18-22H2,1-11H3/t23-,24-,25-,26+,27+,29+,31-,32-,34-,35+,38+,39?,40-/m1/s1. The van der Waals surface area contributed by atoms with Gasteiger partial charge in [-0.3, -0.25) is 9.79 Å². The van der Waals surface area contributed by atoms with E-state index in [1.54, 1.807) is 25.8 Å². The molecule has 2 bridgehead atoms. The highest BCUT2D eigenvalue weighted by atomic mass is 19.1. The van der Waals surface area contributed by atoms with Gasteiger partial charge in [0.05, 0.1) is 17.8 Å². The Morgan fingerprint density at radius 3 is 2.33 bits per heavy atom. The minimum Gasteiger partial charge on any atom is -0.456 e. The second-order valence-corrected chi connectivity index (χ2v) is 16.6. The number of carbonyl (C=O) groups is 3. The summed E-state index contributed by atoms with van der Waals surface area (Å²) in [5.74, 6) is -4.49. The summed E-state index contributed by atoms with van der Waals surface area (Å²) in [5, 5.41) is 14.9. The van der Waals surface area contributed by atoms with Crippen molar-refractivity contribution >= 4 is 23.6 Å². The first-order chi connectivity index (χ1) is 25.3. The number of hydrogen-bond donors (Lipinski definition) is 1. The highest BCUT2D eigenvalue weighted by Crippen LogP contribution is 2.44. The Morgan fingerprint density at radius 2 is 1.70 bits per heavy atom. The van der Waals surface area contributed by atoms with Crippen molar-refractivity contribution in [3.8, 4) is 0 Å². The van der Waals surface area contributed by atoms with Crippen molar-refractivity contribution in [3.05, 3.63) is 35.9 Å². The van der Waals surface area contributed by atoms with Crippen molar-refractivity contribution in [1.29, 1.82) is 0 Å². The Morgan fingerprint density at radius 1 is 1.04 bits per heavy atom. The molecule has 1 aromatic rings. The van der Waals surface area contributed by atoms with Crippen molar-refractivity contribution in [2.75, 3.05) is 34.4 Å². The van der Waals surface area contributed by atoms with Crippen molar-refractivity contribution in [2.24, 2.45) is 22.7 Å². The number of aliphatic imine (C=N–C) groups is 1. The lowest BCUT2D eigenvalue weighted by Gasteiger charge is -2.47. The Kier molecular flexibility index (Phi) is 12.7. The summed E-state index contributed by atoms with van der Waals surface area (Å²) in [4.78, 5) is 48.9. The van der Waals surface area contributed by atoms with E-state index in [4.69, 9.17) is 28.7 Å². The average molecular weight is 761 g/mol. The lowest BCUT2D eigenvalue weighted by molar-refractivity contribution is -0.295. The number of Topliss-reactive ketones (excluding diaryl/α,β-unsaturated/α-hetero) is 1. The zero-order chi connectivity index (χ0) is 39.9. The topological polar surface area (TPSA) is 140 Å². The molecule has 4 aliphatic heterocycles. The monoisotopic (exact) mass is 760 g/mol. The zero-order valence-electron chi connectivity index (χ0n) is 33.8. The SMILES string of the molecule is CO[C@@]1(C)C[C@@H](C)C2=NCN(CCCc3ccccc3)N3C(=O)O[C@](C)([C@H](C)OC(=O)C(C)(F)C(=O)[C@H](C)[C@H]1O[C@@H]1O[C@H](C)C[C@H](N(C)C)[C@H]1O)[C@H]3[C@@H]2C. The van der Waals surface area contributed by atoms with Gasteiger partial charge in [-0.25, -0.2) is 19.0 Å². The molecule has 0 aromatic heterocycles. The first-order valence-electron chi connectivity index (χ1n) is 19.3. The highest BCUT2D eigenvalue weighted by molar-refractivity contribution is 6.08. The van der Waals surface area contributed by atoms with Crippen LogP contribution in [-0.4, -0.2) is 138 Å². The molecule has 3 saturated heterocycles. The predicted molar refractivity (Wildman–Crippen MR) is 199 cm³/mol. The minimum absolute atomic E-state index is 0.168. The van der Waals surface area contributed by atoms with E-state index in [9.17, 15) is 19.5 Å². The Hall–Kier alpha value is -3.01. The molecule has 3 fully saturated rings. The third-order valence-electron chi connectivity index (χ3n) is 12.4. The van der Waals surface area contributed by atoms with Gasteiger partial charge in [-0.15, -0.1) is 0 Å². The van der Waals surface area contributed by atoms with Crippen LogP contribution in [0.2, 0.25) is 0 Å². The first-order valence-corrected chi connectivity index (χ1v) is 19.3. The molecule has 302 valence electrons. The van der Waals surface area contributed by atoms with Gasteiger partial charge in [-0.05, 0) is 85.9 Å². The number of likely N-dealkylation sites (N-methyl/N-ethyl adjacent to an activating group) is 1. The lowest BCUT2D eigenvalue weighted by atomic mass is 9.73. The number of hydrogen-bond acceptors (Lipinski definition) is 12. The van der Waals surface area contributed by atoms with Crippen LogP contribution in [0, 0.1) is 17.8 Å². The minimum atomic E-state index is -3.12. The summed E-state index contributed by atoms with van der Waals surface area (Å²) in [6.07, 6.45) is -3.25. The molecule has 0 spiro atoms. The van der Waals surface area contributed by atoms with Crippen LogP contribution in [0.5, 0.6) is 0 Å². The van der Waals surface area contributed by atoms with Crippen molar-refractivity contribution in [2.45, 2.75) is 141 Å². The molecule has 13 atom stereocenters. The fraction of sp³-hybridized carbons (Fsp3) is 0.750. The predicted octanol–water partition coefficient (Wildman–Crippen LogP) is 4.59. The van der Waals surface area contributed by atoms with Crippen LogP contribution in [0.15, 0.2) is 35.3 Å². The number of esters is 1. The summed E-state index contributed by atoms with van der Waals surface area (Å²) in [5.41, 5.74) is -3.90. The molecule has 0 saturated carbocycles. The number of aliphatic hydroxyl groups excluding tert-OH is 1. The summed E-state index contributed by atoms with van der Waals surface area (Å²) in [7, 11) is 5.20. The van der Waals surface area contributed by atoms with Gasteiger partial charge in [0.1, 0.15) is 24.9 Å². The number of hydrazine groups is 1. The number of carbonyl (C=O) groups excluding carboxylic acids is 3. The quantitative estimate of drug-likeness (QED) is 0.294. The fourth-order valence-electron chi connectivity index (χ4n) is 9.08. The van der Waals surface area contributed by atoms with E-state index in [1.165, 1.54) is 19.6 Å². The normalized spacial score (nSPS) is 41.2. The Balaban J connectivity index is 1.57. The number of alkyl halides is 1. The Bertz CT molecular complexity index is 1550. The van der Waals surface area contributed by atoms with Crippen LogP contribution >= 0.6 is 0 Å². The van der Waals surface area contributed by atoms with E-state index in [0.29, 0.717) is 13.0 Å². The van der Waals surface area contributed by atoms with Crippen molar-refractivity contribution in [3.63, 3.8) is 0 Å². The summed E-state index contributed by atoms with van der Waals surface area (Å²) in [6, 6.07) is 9.06. The van der Waals surface area contributed by atoms with Gasteiger partial charge in [0.2, 0.25) is 0 Å². The second kappa shape index (κ2) is 16.2. The van der Waals surface area contributed by atoms with Gasteiger partial charge in [-0.2, -0.15) is 5.01 Å². The molecule has 5 rings (SSSR count). The molecule has 1 unspecified atom stereocenters. The number of ketones is 1. The number of benzene rings is 1. The average Bonchev–Trinajstić information content (AvgIpc) is 3.30. The molecule has 0 aliphatic carbocycles. The number of ether oxygens (including phenoxy) is 5. The number of halogens is 1. The molecular formula is C40H61FN4O9. The molecule has 1 amide bonds.